The molecule has 2 unspecified atom stereocenters. The van der Waals surface area contributed by atoms with E-state index in [0.29, 0.717) is 25.7 Å². The minimum atomic E-state index is -4.94. The molecule has 3 N–H and O–H groups in total. The van der Waals surface area contributed by atoms with Crippen molar-refractivity contribution in [1.29, 1.82) is 0 Å². The van der Waals surface area contributed by atoms with E-state index in [1.165, 1.54) is 161 Å². The van der Waals surface area contributed by atoms with Crippen molar-refractivity contribution in [2.24, 2.45) is 0 Å². The van der Waals surface area contributed by atoms with Crippen LogP contribution in [0.2, 0.25) is 0 Å². The Hall–Kier alpha value is -1.94. The average Bonchev–Trinajstić information content (AvgIpc) is 3.60. The molecule has 0 heterocycles. The highest BCUT2D eigenvalue weighted by Crippen LogP contribution is 2.45. The number of hydrogen-bond acceptors (Lipinski definition) is 15. The Morgan fingerprint density at radius 2 is 0.476 bits per heavy atom. The highest BCUT2D eigenvalue weighted by Gasteiger charge is 2.30. The van der Waals surface area contributed by atoms with Crippen molar-refractivity contribution < 1.29 is 80.2 Å². The van der Waals surface area contributed by atoms with Gasteiger partial charge in [0.05, 0.1) is 26.4 Å². The van der Waals surface area contributed by atoms with E-state index >= 15 is 0 Å². The molecule has 0 aromatic rings. The van der Waals surface area contributed by atoms with Crippen LogP contribution in [0.25, 0.3) is 0 Å². The molecule has 5 atom stereocenters. The third-order valence-electron chi connectivity index (χ3n) is 15.1. The number of phosphoric acid groups is 2. The number of rotatable bonds is 66. The molecule has 84 heavy (non-hydrogen) atoms. The van der Waals surface area contributed by atoms with E-state index in [0.717, 1.165) is 96.3 Å². The summed E-state index contributed by atoms with van der Waals surface area (Å²) in [5.74, 6) is -2.13. The van der Waals surface area contributed by atoms with Crippen molar-refractivity contribution >= 4 is 39.5 Å². The summed E-state index contributed by atoms with van der Waals surface area (Å²) in [4.78, 5) is 72.1. The van der Waals surface area contributed by atoms with Gasteiger partial charge in [-0.1, -0.05) is 285 Å². The van der Waals surface area contributed by atoms with Crippen LogP contribution in [0.5, 0.6) is 0 Å². The highest BCUT2D eigenvalue weighted by atomic mass is 31.2. The second-order valence-electron chi connectivity index (χ2n) is 23.5. The molecule has 0 amide bonds. The molecular weight excluding hydrogens is 1110 g/mol. The van der Waals surface area contributed by atoms with Gasteiger partial charge in [0.2, 0.25) is 0 Å². The lowest BCUT2D eigenvalue weighted by Crippen LogP contribution is -2.30. The van der Waals surface area contributed by atoms with E-state index in [1.807, 2.05) is 0 Å². The van der Waals surface area contributed by atoms with Gasteiger partial charge in [0, 0.05) is 25.7 Å². The number of aliphatic hydroxyl groups excluding tert-OH is 1. The van der Waals surface area contributed by atoms with Crippen LogP contribution in [0.4, 0.5) is 0 Å². The first-order chi connectivity index (χ1) is 40.7. The maximum atomic E-state index is 13.0. The molecule has 0 spiro atoms. The largest absolute Gasteiger partial charge is 0.472 e. The standard InChI is InChI=1S/C65H126O17P2/c1-5-9-13-17-21-25-27-28-29-30-31-32-33-36-40-44-48-52-65(70)82-61(56-76-63(68)50-46-42-38-35-26-22-18-14-10-6-2)58-80-84(73,74)78-54-59(66)53-77-83(71,72)79-57-60(55-75-62(67)49-45-41-37-24-20-16-12-8-4)81-64(69)51-47-43-39-34-23-19-15-11-7-3/h59-61,66H,5-58H2,1-4H3,(H,71,72)(H,73,74)/t59-,60+,61+/m0/s1. The molecule has 0 aliphatic heterocycles. The maximum Gasteiger partial charge on any atom is 0.472 e. The minimum absolute atomic E-state index is 0.106. The summed E-state index contributed by atoms with van der Waals surface area (Å²) in [5.41, 5.74) is 0. The fourth-order valence-corrected chi connectivity index (χ4v) is 11.4. The Kier molecular flexibility index (Phi) is 58.6. The molecule has 0 aliphatic rings. The predicted octanol–water partition coefficient (Wildman–Crippen LogP) is 18.3. The third kappa shape index (κ3) is 59.0. The SMILES string of the molecule is CCCCCCCCCCCCCCCCCCCC(=O)O[C@H](COC(=O)CCCCCCCCCCCC)COP(=O)(O)OC[C@@H](O)COP(=O)(O)OC[C@@H](COC(=O)CCCCCCCCCC)OC(=O)CCCCCCCCCCC. The fraction of sp³-hybridized carbons (Fsp3) is 0.938. The first-order valence-corrected chi connectivity index (χ1v) is 37.3. The van der Waals surface area contributed by atoms with Crippen LogP contribution < -0.4 is 0 Å². The second kappa shape index (κ2) is 60.0. The summed E-state index contributed by atoms with van der Waals surface area (Å²) in [7, 11) is -9.88. The van der Waals surface area contributed by atoms with Crippen LogP contribution >= 0.6 is 15.6 Å². The molecule has 0 aromatic heterocycles. The predicted molar refractivity (Wildman–Crippen MR) is 335 cm³/mol. The van der Waals surface area contributed by atoms with Gasteiger partial charge in [-0.15, -0.1) is 0 Å². The minimum Gasteiger partial charge on any atom is -0.462 e. The lowest BCUT2D eigenvalue weighted by molar-refractivity contribution is -0.161. The molecular formula is C65H126O17P2. The van der Waals surface area contributed by atoms with Crippen molar-refractivity contribution in [2.75, 3.05) is 39.6 Å². The average molecular weight is 1240 g/mol. The van der Waals surface area contributed by atoms with Gasteiger partial charge in [-0.05, 0) is 25.7 Å². The summed E-state index contributed by atoms with van der Waals surface area (Å²) >= 11 is 0. The lowest BCUT2D eigenvalue weighted by atomic mass is 10.0. The number of hydrogen-bond donors (Lipinski definition) is 3. The first kappa shape index (κ1) is 82.1. The van der Waals surface area contributed by atoms with Crippen molar-refractivity contribution in [2.45, 2.75) is 354 Å². The molecule has 0 aliphatic carbocycles. The van der Waals surface area contributed by atoms with E-state index in [4.69, 9.17) is 37.0 Å². The number of phosphoric ester groups is 2. The van der Waals surface area contributed by atoms with Crippen molar-refractivity contribution in [3.8, 4) is 0 Å². The normalized spacial score (nSPS) is 14.1. The van der Waals surface area contributed by atoms with Crippen LogP contribution in [-0.4, -0.2) is 96.7 Å². The zero-order valence-electron chi connectivity index (χ0n) is 53.9. The number of aliphatic hydroxyl groups is 1. The van der Waals surface area contributed by atoms with Crippen LogP contribution in [0.15, 0.2) is 0 Å². The summed E-state index contributed by atoms with van der Waals surface area (Å²) in [6.45, 7) is 4.86. The zero-order valence-corrected chi connectivity index (χ0v) is 55.7. The molecule has 498 valence electrons. The van der Waals surface area contributed by atoms with Gasteiger partial charge < -0.3 is 33.8 Å². The van der Waals surface area contributed by atoms with E-state index < -0.39 is 97.5 Å². The van der Waals surface area contributed by atoms with E-state index in [2.05, 4.69) is 27.7 Å². The highest BCUT2D eigenvalue weighted by molar-refractivity contribution is 7.47. The monoisotopic (exact) mass is 1240 g/mol. The number of carbonyl (C=O) groups is 4. The Balaban J connectivity index is 5.17. The number of esters is 4. The molecule has 0 radical (unpaired) electrons. The van der Waals surface area contributed by atoms with Gasteiger partial charge in [0.15, 0.2) is 12.2 Å². The summed E-state index contributed by atoms with van der Waals surface area (Å²) in [6.07, 6.45) is 45.9. The van der Waals surface area contributed by atoms with Crippen LogP contribution in [-0.2, 0) is 65.4 Å². The van der Waals surface area contributed by atoms with Gasteiger partial charge in [-0.3, -0.25) is 37.3 Å². The molecule has 0 fully saturated rings. The number of unbranched alkanes of at least 4 members (excludes halogenated alkanes) is 40. The second-order valence-corrected chi connectivity index (χ2v) is 26.4. The molecule has 19 heteroatoms. The number of carbonyl (C=O) groups excluding carboxylic acids is 4. The molecule has 0 saturated heterocycles. The smallest absolute Gasteiger partial charge is 0.462 e. The summed E-state index contributed by atoms with van der Waals surface area (Å²) in [5, 5.41) is 10.5. The Morgan fingerprint density at radius 3 is 0.702 bits per heavy atom. The van der Waals surface area contributed by atoms with Crippen LogP contribution in [0.1, 0.15) is 336 Å². The van der Waals surface area contributed by atoms with Crippen LogP contribution in [0.3, 0.4) is 0 Å². The Morgan fingerprint density at radius 1 is 0.286 bits per heavy atom. The van der Waals surface area contributed by atoms with Gasteiger partial charge in [0.1, 0.15) is 19.3 Å². The van der Waals surface area contributed by atoms with E-state index in [-0.39, 0.29) is 25.7 Å². The molecule has 0 rings (SSSR count). The Labute approximate surface area is 511 Å². The summed E-state index contributed by atoms with van der Waals surface area (Å²) in [6, 6.07) is 0. The van der Waals surface area contributed by atoms with Gasteiger partial charge in [-0.2, -0.15) is 0 Å². The molecule has 0 bridgehead atoms. The molecule has 0 saturated carbocycles. The molecule has 17 nitrogen and oxygen atoms in total. The summed E-state index contributed by atoms with van der Waals surface area (Å²) < 4.78 is 67.9. The van der Waals surface area contributed by atoms with Crippen molar-refractivity contribution in [1.82, 2.24) is 0 Å². The quantitative estimate of drug-likeness (QED) is 0.0222. The topological polar surface area (TPSA) is 237 Å². The number of ether oxygens (including phenoxy) is 4. The first-order valence-electron chi connectivity index (χ1n) is 34.3. The van der Waals surface area contributed by atoms with Crippen molar-refractivity contribution in [3.63, 3.8) is 0 Å². The third-order valence-corrected chi connectivity index (χ3v) is 17.0. The van der Waals surface area contributed by atoms with E-state index in [9.17, 15) is 43.2 Å². The van der Waals surface area contributed by atoms with Gasteiger partial charge in [0.25, 0.3) is 0 Å². The lowest BCUT2D eigenvalue weighted by Gasteiger charge is -2.21. The fourth-order valence-electron chi connectivity index (χ4n) is 9.81. The maximum absolute atomic E-state index is 13.0. The van der Waals surface area contributed by atoms with E-state index in [1.54, 1.807) is 0 Å². The molecule has 0 aromatic carbocycles. The zero-order chi connectivity index (χ0) is 61.9. The van der Waals surface area contributed by atoms with Crippen LogP contribution in [0, 0.1) is 0 Å². The van der Waals surface area contributed by atoms with Gasteiger partial charge in [-0.25, -0.2) is 9.13 Å². The van der Waals surface area contributed by atoms with Gasteiger partial charge >= 0.3 is 39.5 Å². The van der Waals surface area contributed by atoms with Crippen molar-refractivity contribution in [3.05, 3.63) is 0 Å². The Bertz CT molecular complexity index is 1620.